The first-order valence-electron chi connectivity index (χ1n) is 5.20. The van der Waals surface area contributed by atoms with Crippen LogP contribution >= 0.6 is 0 Å². The van der Waals surface area contributed by atoms with Gasteiger partial charge in [-0.25, -0.2) is 0 Å². The van der Waals surface area contributed by atoms with Crippen molar-refractivity contribution in [3.8, 4) is 0 Å². The lowest BCUT2D eigenvalue weighted by atomic mass is 9.97. The Hall–Kier alpha value is -0.0800. The number of hydrogen-bond donors (Lipinski definition) is 1. The van der Waals surface area contributed by atoms with Gasteiger partial charge in [0.05, 0.1) is 6.10 Å². The molecule has 0 bridgehead atoms. The molecule has 0 spiro atoms. The first-order chi connectivity index (χ1) is 5.88. The molecule has 1 fully saturated rings. The largest absolute Gasteiger partial charge is 0.378 e. The summed E-state index contributed by atoms with van der Waals surface area (Å²) in [5, 5.41) is 0. The highest BCUT2D eigenvalue weighted by atomic mass is 16.5. The average molecular weight is 171 g/mol. The van der Waals surface area contributed by atoms with E-state index in [1.54, 1.807) is 0 Å². The molecule has 1 aliphatic rings. The van der Waals surface area contributed by atoms with Crippen LogP contribution in [0.1, 0.15) is 39.0 Å². The predicted octanol–water partition coefficient (Wildman–Crippen LogP) is 1.93. The molecule has 0 amide bonds. The minimum Gasteiger partial charge on any atom is -0.378 e. The molecule has 0 aliphatic carbocycles. The summed E-state index contributed by atoms with van der Waals surface area (Å²) in [5.41, 5.74) is 5.65. The molecular formula is C10H21NO. The van der Waals surface area contributed by atoms with Crippen LogP contribution in [-0.2, 0) is 4.74 Å². The second kappa shape index (κ2) is 5.55. The first kappa shape index (κ1) is 10.0. The van der Waals surface area contributed by atoms with Crippen molar-refractivity contribution in [2.24, 2.45) is 11.7 Å². The number of hydrogen-bond acceptors (Lipinski definition) is 2. The zero-order chi connectivity index (χ0) is 8.81. The van der Waals surface area contributed by atoms with Crippen molar-refractivity contribution in [1.29, 1.82) is 0 Å². The van der Waals surface area contributed by atoms with Crippen molar-refractivity contribution in [2.45, 2.75) is 45.1 Å². The summed E-state index contributed by atoms with van der Waals surface area (Å²) in [6, 6.07) is 0. The van der Waals surface area contributed by atoms with Crippen LogP contribution in [0.15, 0.2) is 0 Å². The van der Waals surface area contributed by atoms with Gasteiger partial charge in [0.1, 0.15) is 0 Å². The Balaban J connectivity index is 2.12. The maximum Gasteiger partial charge on any atom is 0.0616 e. The van der Waals surface area contributed by atoms with Gasteiger partial charge in [0.25, 0.3) is 0 Å². The molecule has 0 radical (unpaired) electrons. The zero-order valence-corrected chi connectivity index (χ0v) is 8.09. The fourth-order valence-electron chi connectivity index (χ4n) is 1.88. The van der Waals surface area contributed by atoms with E-state index in [9.17, 15) is 0 Å². The van der Waals surface area contributed by atoms with E-state index >= 15 is 0 Å². The van der Waals surface area contributed by atoms with E-state index in [0.29, 0.717) is 12.0 Å². The number of ether oxygens (including phenoxy) is 1. The standard InChI is InChI=1S/C10H21NO/c1-2-3-4-5-10-9(8-11)6-7-12-10/h9-10H,2-8,11H2,1H3. The normalized spacial score (nSPS) is 29.5. The Labute approximate surface area is 75.5 Å². The zero-order valence-electron chi connectivity index (χ0n) is 8.09. The third-order valence-corrected chi connectivity index (χ3v) is 2.74. The van der Waals surface area contributed by atoms with Crippen molar-refractivity contribution in [3.05, 3.63) is 0 Å². The molecule has 2 nitrogen and oxygen atoms in total. The molecule has 2 atom stereocenters. The second-order valence-corrected chi connectivity index (χ2v) is 3.69. The van der Waals surface area contributed by atoms with Gasteiger partial charge >= 0.3 is 0 Å². The van der Waals surface area contributed by atoms with Gasteiger partial charge in [-0.15, -0.1) is 0 Å². The van der Waals surface area contributed by atoms with E-state index in [-0.39, 0.29) is 0 Å². The summed E-state index contributed by atoms with van der Waals surface area (Å²) < 4.78 is 5.62. The van der Waals surface area contributed by atoms with E-state index in [1.165, 1.54) is 32.1 Å². The fourth-order valence-corrected chi connectivity index (χ4v) is 1.88. The molecule has 72 valence electrons. The highest BCUT2D eigenvalue weighted by Crippen LogP contribution is 2.24. The van der Waals surface area contributed by atoms with Gasteiger partial charge in [0.2, 0.25) is 0 Å². The maximum atomic E-state index is 5.65. The predicted molar refractivity (Wildman–Crippen MR) is 51.0 cm³/mol. The first-order valence-corrected chi connectivity index (χ1v) is 5.20. The number of unbranched alkanes of at least 4 members (excludes halogenated alkanes) is 2. The minimum absolute atomic E-state index is 0.474. The second-order valence-electron chi connectivity index (χ2n) is 3.69. The smallest absolute Gasteiger partial charge is 0.0616 e. The van der Waals surface area contributed by atoms with E-state index in [4.69, 9.17) is 10.5 Å². The summed E-state index contributed by atoms with van der Waals surface area (Å²) >= 11 is 0. The summed E-state index contributed by atoms with van der Waals surface area (Å²) in [6.45, 7) is 3.96. The Morgan fingerprint density at radius 2 is 2.25 bits per heavy atom. The lowest BCUT2D eigenvalue weighted by Gasteiger charge is -2.15. The molecule has 1 saturated heterocycles. The van der Waals surface area contributed by atoms with Gasteiger partial charge < -0.3 is 10.5 Å². The molecule has 0 aromatic heterocycles. The molecule has 1 aliphatic heterocycles. The lowest BCUT2D eigenvalue weighted by molar-refractivity contribution is 0.0829. The van der Waals surface area contributed by atoms with E-state index in [0.717, 1.165) is 13.2 Å². The third kappa shape index (κ3) is 2.76. The van der Waals surface area contributed by atoms with Crippen molar-refractivity contribution in [2.75, 3.05) is 13.2 Å². The average Bonchev–Trinajstić information content (AvgIpc) is 2.52. The van der Waals surface area contributed by atoms with Crippen LogP contribution in [0.2, 0.25) is 0 Å². The van der Waals surface area contributed by atoms with Crippen LogP contribution < -0.4 is 5.73 Å². The molecule has 0 saturated carbocycles. The van der Waals surface area contributed by atoms with E-state index in [2.05, 4.69) is 6.92 Å². The molecular weight excluding hydrogens is 150 g/mol. The Bertz CT molecular complexity index is 116. The van der Waals surface area contributed by atoms with Crippen molar-refractivity contribution in [1.82, 2.24) is 0 Å². The number of nitrogens with two attached hydrogens (primary N) is 1. The molecule has 1 heterocycles. The molecule has 0 aromatic rings. The van der Waals surface area contributed by atoms with Crippen LogP contribution in [0.3, 0.4) is 0 Å². The summed E-state index contributed by atoms with van der Waals surface area (Å²) in [4.78, 5) is 0. The van der Waals surface area contributed by atoms with Crippen LogP contribution in [0, 0.1) is 5.92 Å². The quantitative estimate of drug-likeness (QED) is 0.641. The van der Waals surface area contributed by atoms with Gasteiger partial charge in [-0.2, -0.15) is 0 Å². The lowest BCUT2D eigenvalue weighted by Crippen LogP contribution is -2.23. The maximum absolute atomic E-state index is 5.65. The molecule has 12 heavy (non-hydrogen) atoms. The summed E-state index contributed by atoms with van der Waals surface area (Å²) in [7, 11) is 0. The molecule has 1 rings (SSSR count). The van der Waals surface area contributed by atoms with Crippen LogP contribution in [0.25, 0.3) is 0 Å². The van der Waals surface area contributed by atoms with Crippen LogP contribution in [0.4, 0.5) is 0 Å². The minimum atomic E-state index is 0.474. The highest BCUT2D eigenvalue weighted by molar-refractivity contribution is 4.76. The van der Waals surface area contributed by atoms with E-state index in [1.807, 2.05) is 0 Å². The van der Waals surface area contributed by atoms with Gasteiger partial charge in [0.15, 0.2) is 0 Å². The summed E-state index contributed by atoms with van der Waals surface area (Å²) in [5.74, 6) is 0.641. The van der Waals surface area contributed by atoms with Gasteiger partial charge in [-0.1, -0.05) is 26.2 Å². The Morgan fingerprint density at radius 1 is 1.42 bits per heavy atom. The molecule has 0 aromatic carbocycles. The fraction of sp³-hybridized carbons (Fsp3) is 1.00. The summed E-state index contributed by atoms with van der Waals surface area (Å²) in [6.07, 6.45) is 6.79. The Morgan fingerprint density at radius 3 is 2.92 bits per heavy atom. The SMILES string of the molecule is CCCCCC1OCCC1CN. The van der Waals surface area contributed by atoms with Crippen molar-refractivity contribution < 1.29 is 4.74 Å². The van der Waals surface area contributed by atoms with Gasteiger partial charge in [0, 0.05) is 6.61 Å². The highest BCUT2D eigenvalue weighted by Gasteiger charge is 2.25. The van der Waals surface area contributed by atoms with Gasteiger partial charge in [-0.3, -0.25) is 0 Å². The van der Waals surface area contributed by atoms with Crippen LogP contribution in [-0.4, -0.2) is 19.3 Å². The topological polar surface area (TPSA) is 35.2 Å². The van der Waals surface area contributed by atoms with Crippen molar-refractivity contribution >= 4 is 0 Å². The molecule has 2 heteroatoms. The van der Waals surface area contributed by atoms with Gasteiger partial charge in [-0.05, 0) is 25.3 Å². The third-order valence-electron chi connectivity index (χ3n) is 2.74. The van der Waals surface area contributed by atoms with Crippen LogP contribution in [0.5, 0.6) is 0 Å². The van der Waals surface area contributed by atoms with Crippen molar-refractivity contribution in [3.63, 3.8) is 0 Å². The van der Waals surface area contributed by atoms with E-state index < -0.39 is 0 Å². The molecule has 2 N–H and O–H groups in total. The number of rotatable bonds is 5. The Kier molecular flexibility index (Phi) is 4.62. The molecule has 2 unspecified atom stereocenters. The monoisotopic (exact) mass is 171 g/mol.